The zero-order chi connectivity index (χ0) is 12.2. The van der Waals surface area contributed by atoms with Gasteiger partial charge in [0.2, 0.25) is 6.43 Å². The van der Waals surface area contributed by atoms with Crippen molar-refractivity contribution in [2.24, 2.45) is 5.92 Å². The highest BCUT2D eigenvalue weighted by Crippen LogP contribution is 2.17. The van der Waals surface area contributed by atoms with Crippen LogP contribution in [0.5, 0.6) is 0 Å². The van der Waals surface area contributed by atoms with Gasteiger partial charge in [-0.2, -0.15) is 0 Å². The molecule has 0 saturated heterocycles. The Morgan fingerprint density at radius 2 is 1.80 bits per heavy atom. The Morgan fingerprint density at radius 1 is 1.33 bits per heavy atom. The summed E-state index contributed by atoms with van der Waals surface area (Å²) in [5.74, 6) is -4.52. The molecule has 0 fully saturated rings. The van der Waals surface area contributed by atoms with Gasteiger partial charge in [0, 0.05) is 6.42 Å². The smallest absolute Gasteiger partial charge is 0.321 e. The van der Waals surface area contributed by atoms with Crippen molar-refractivity contribution in [2.75, 3.05) is 0 Å². The van der Waals surface area contributed by atoms with Gasteiger partial charge in [0.1, 0.15) is 5.60 Å². The summed E-state index contributed by atoms with van der Waals surface area (Å²) >= 11 is 0. The van der Waals surface area contributed by atoms with Gasteiger partial charge in [0.25, 0.3) is 0 Å². The standard InChI is InChI=1S/C9H14F2O4/c1-9(2,3)15-8(14)5(7(12)13)4-6(10)11/h5-6H,4H2,1-3H3,(H,12,13)/t5-/m0/s1. The molecule has 0 aliphatic heterocycles. The van der Waals surface area contributed by atoms with Crippen molar-refractivity contribution in [1.29, 1.82) is 0 Å². The van der Waals surface area contributed by atoms with Gasteiger partial charge in [-0.3, -0.25) is 9.59 Å². The second-order valence-electron chi connectivity index (χ2n) is 4.05. The maximum absolute atomic E-state index is 12.0. The van der Waals surface area contributed by atoms with Crippen molar-refractivity contribution in [2.45, 2.75) is 39.2 Å². The van der Waals surface area contributed by atoms with Crippen molar-refractivity contribution < 1.29 is 28.2 Å². The number of carboxylic acids is 1. The summed E-state index contributed by atoms with van der Waals surface area (Å²) in [6.07, 6.45) is -3.87. The average molecular weight is 224 g/mol. The Hall–Kier alpha value is -1.20. The lowest BCUT2D eigenvalue weighted by Crippen LogP contribution is -2.33. The number of ether oxygens (including phenoxy) is 1. The third-order valence-electron chi connectivity index (χ3n) is 1.40. The number of aliphatic carboxylic acids is 1. The molecule has 15 heavy (non-hydrogen) atoms. The summed E-state index contributed by atoms with van der Waals surface area (Å²) in [5.41, 5.74) is -0.882. The van der Waals surface area contributed by atoms with Crippen LogP contribution in [0.4, 0.5) is 8.78 Å². The monoisotopic (exact) mass is 224 g/mol. The van der Waals surface area contributed by atoms with E-state index in [1.807, 2.05) is 0 Å². The minimum atomic E-state index is -2.85. The van der Waals surface area contributed by atoms with Crippen LogP contribution in [0.15, 0.2) is 0 Å². The molecule has 0 heterocycles. The van der Waals surface area contributed by atoms with Gasteiger partial charge in [0.05, 0.1) is 0 Å². The van der Waals surface area contributed by atoms with Gasteiger partial charge >= 0.3 is 11.9 Å². The normalized spacial score (nSPS) is 13.7. The number of carbonyl (C=O) groups excluding carboxylic acids is 1. The van der Waals surface area contributed by atoms with E-state index >= 15 is 0 Å². The first kappa shape index (κ1) is 13.8. The van der Waals surface area contributed by atoms with Crippen molar-refractivity contribution in [3.63, 3.8) is 0 Å². The molecule has 0 radical (unpaired) electrons. The quantitative estimate of drug-likeness (QED) is 0.583. The van der Waals surface area contributed by atoms with Crippen LogP contribution in [0, 0.1) is 5.92 Å². The molecule has 0 bridgehead atoms. The van der Waals surface area contributed by atoms with E-state index in [0.717, 1.165) is 0 Å². The molecule has 0 spiro atoms. The van der Waals surface area contributed by atoms with Crippen molar-refractivity contribution in [1.82, 2.24) is 0 Å². The van der Waals surface area contributed by atoms with Gasteiger partial charge in [-0.15, -0.1) is 0 Å². The first-order valence-corrected chi connectivity index (χ1v) is 4.37. The summed E-state index contributed by atoms with van der Waals surface area (Å²) in [6, 6.07) is 0. The number of halogens is 2. The third kappa shape index (κ3) is 5.98. The maximum Gasteiger partial charge on any atom is 0.321 e. The molecular formula is C9H14F2O4. The first-order valence-electron chi connectivity index (χ1n) is 4.37. The maximum atomic E-state index is 12.0. The molecule has 0 rings (SSSR count). The summed E-state index contributed by atoms with van der Waals surface area (Å²) in [5, 5.41) is 8.56. The minimum absolute atomic E-state index is 0.882. The molecule has 0 aromatic heterocycles. The summed E-state index contributed by atoms with van der Waals surface area (Å²) in [7, 11) is 0. The zero-order valence-corrected chi connectivity index (χ0v) is 8.79. The van der Waals surface area contributed by atoms with E-state index in [-0.39, 0.29) is 0 Å². The van der Waals surface area contributed by atoms with E-state index in [0.29, 0.717) is 0 Å². The highest BCUT2D eigenvalue weighted by Gasteiger charge is 2.33. The number of esters is 1. The van der Waals surface area contributed by atoms with Gasteiger partial charge < -0.3 is 9.84 Å². The number of carbonyl (C=O) groups is 2. The van der Waals surface area contributed by atoms with Gasteiger partial charge in [-0.05, 0) is 20.8 Å². The van der Waals surface area contributed by atoms with Crippen LogP contribution in [0.3, 0.4) is 0 Å². The highest BCUT2D eigenvalue weighted by molar-refractivity contribution is 5.94. The predicted molar refractivity (Wildman–Crippen MR) is 47.6 cm³/mol. The molecule has 0 aromatic rings. The summed E-state index contributed by atoms with van der Waals surface area (Å²) in [4.78, 5) is 21.7. The number of alkyl halides is 2. The summed E-state index contributed by atoms with van der Waals surface area (Å²) < 4.78 is 28.6. The lowest BCUT2D eigenvalue weighted by atomic mass is 10.1. The van der Waals surface area contributed by atoms with Crippen LogP contribution in [-0.4, -0.2) is 29.1 Å². The fourth-order valence-corrected chi connectivity index (χ4v) is 0.849. The Morgan fingerprint density at radius 3 is 2.07 bits per heavy atom. The molecule has 0 amide bonds. The highest BCUT2D eigenvalue weighted by atomic mass is 19.3. The SMILES string of the molecule is CC(C)(C)OC(=O)[C@@H](CC(F)F)C(=O)O. The third-order valence-corrected chi connectivity index (χ3v) is 1.40. The average Bonchev–Trinajstić information content (AvgIpc) is 1.95. The molecular weight excluding hydrogens is 210 g/mol. The van der Waals surface area contributed by atoms with Gasteiger partial charge in [-0.25, -0.2) is 8.78 Å². The fraction of sp³-hybridized carbons (Fsp3) is 0.778. The van der Waals surface area contributed by atoms with E-state index in [9.17, 15) is 18.4 Å². The number of hydrogen-bond donors (Lipinski definition) is 1. The molecule has 0 aromatic carbocycles. The van der Waals surface area contributed by atoms with Crippen molar-refractivity contribution in [3.05, 3.63) is 0 Å². The first-order chi connectivity index (χ1) is 6.63. The molecule has 0 unspecified atom stereocenters. The van der Waals surface area contributed by atoms with E-state index in [1.165, 1.54) is 20.8 Å². The Balaban J connectivity index is 4.50. The van der Waals surface area contributed by atoms with E-state index in [1.54, 1.807) is 0 Å². The molecule has 0 aliphatic rings. The lowest BCUT2D eigenvalue weighted by Gasteiger charge is -2.22. The molecule has 1 atom stereocenters. The molecule has 0 saturated carbocycles. The van der Waals surface area contributed by atoms with E-state index in [2.05, 4.69) is 0 Å². The molecule has 0 aliphatic carbocycles. The van der Waals surface area contributed by atoms with Crippen molar-refractivity contribution in [3.8, 4) is 0 Å². The van der Waals surface area contributed by atoms with Crippen LogP contribution in [-0.2, 0) is 14.3 Å². The predicted octanol–water partition coefficient (Wildman–Crippen LogP) is 1.68. The molecule has 88 valence electrons. The van der Waals surface area contributed by atoms with E-state index < -0.39 is 36.3 Å². The number of carboxylic acid groups (broad SMARTS) is 1. The van der Waals surface area contributed by atoms with Crippen LogP contribution in [0.2, 0.25) is 0 Å². The Bertz CT molecular complexity index is 245. The molecule has 6 heteroatoms. The number of hydrogen-bond acceptors (Lipinski definition) is 3. The second kappa shape index (κ2) is 5.04. The van der Waals surface area contributed by atoms with Gasteiger partial charge in [0.15, 0.2) is 5.92 Å². The topological polar surface area (TPSA) is 63.6 Å². The van der Waals surface area contributed by atoms with Crippen LogP contribution in [0.25, 0.3) is 0 Å². The van der Waals surface area contributed by atoms with Crippen molar-refractivity contribution >= 4 is 11.9 Å². The van der Waals surface area contributed by atoms with Crippen LogP contribution in [0.1, 0.15) is 27.2 Å². The van der Waals surface area contributed by atoms with E-state index in [4.69, 9.17) is 9.84 Å². The second-order valence-corrected chi connectivity index (χ2v) is 4.05. The zero-order valence-electron chi connectivity index (χ0n) is 8.79. The molecule has 4 nitrogen and oxygen atoms in total. The van der Waals surface area contributed by atoms with Crippen LogP contribution >= 0.6 is 0 Å². The van der Waals surface area contributed by atoms with Crippen LogP contribution < -0.4 is 0 Å². The molecule has 1 N–H and O–H groups in total. The van der Waals surface area contributed by atoms with Gasteiger partial charge in [-0.1, -0.05) is 0 Å². The Kier molecular flexibility index (Phi) is 4.64. The fourth-order valence-electron chi connectivity index (χ4n) is 0.849. The summed E-state index contributed by atoms with van der Waals surface area (Å²) in [6.45, 7) is 4.60. The largest absolute Gasteiger partial charge is 0.481 e. The lowest BCUT2D eigenvalue weighted by molar-refractivity contribution is -0.168. The number of rotatable bonds is 4. The minimum Gasteiger partial charge on any atom is -0.481 e. The Labute approximate surface area is 86.2 Å².